The van der Waals surface area contributed by atoms with E-state index >= 15 is 0 Å². The Morgan fingerprint density at radius 3 is 2.60 bits per heavy atom. The van der Waals surface area contributed by atoms with Crippen LogP contribution in [-0.2, 0) is 30.2 Å². The van der Waals surface area contributed by atoms with Crippen molar-refractivity contribution in [2.45, 2.75) is 19.4 Å². The van der Waals surface area contributed by atoms with Crippen LogP contribution in [0.2, 0.25) is 5.15 Å². The smallest absolute Gasteiger partial charge is 0.349 e. The van der Waals surface area contributed by atoms with E-state index in [1.165, 1.54) is 14.2 Å². The Morgan fingerprint density at radius 1 is 1.35 bits per heavy atom. The number of hydrogen-bond acceptors (Lipinski definition) is 6. The van der Waals surface area contributed by atoms with Gasteiger partial charge in [0, 0.05) is 18.4 Å². The van der Waals surface area contributed by atoms with Gasteiger partial charge in [-0.15, -0.1) is 0 Å². The summed E-state index contributed by atoms with van der Waals surface area (Å²) in [5.74, 6) is -1.28. The number of ether oxygens (including phenoxy) is 3. The number of pyridine rings is 1. The fraction of sp³-hybridized carbons (Fsp3) is 0.462. The first-order valence-corrected chi connectivity index (χ1v) is 6.24. The molecule has 0 radical (unpaired) electrons. The molecule has 0 unspecified atom stereocenters. The van der Waals surface area contributed by atoms with E-state index in [0.717, 1.165) is 5.69 Å². The quantitative estimate of drug-likeness (QED) is 0.583. The zero-order valence-electron chi connectivity index (χ0n) is 11.5. The maximum absolute atomic E-state index is 11.8. The number of carbonyl (C=O) groups is 2. The number of aryl methyl sites for hydroxylation is 1. The van der Waals surface area contributed by atoms with Crippen molar-refractivity contribution in [1.82, 2.24) is 4.98 Å². The molecule has 0 aliphatic heterocycles. The summed E-state index contributed by atoms with van der Waals surface area (Å²) in [5.41, 5.74) is 1.28. The number of nitrogens with zero attached hydrogens (tertiary/aromatic N) is 1. The Balaban J connectivity index is 2.67. The van der Waals surface area contributed by atoms with Gasteiger partial charge in [-0.1, -0.05) is 17.7 Å². The molecular weight excluding hydrogens is 286 g/mol. The van der Waals surface area contributed by atoms with Gasteiger partial charge < -0.3 is 14.2 Å². The van der Waals surface area contributed by atoms with Gasteiger partial charge in [-0.2, -0.15) is 0 Å². The lowest BCUT2D eigenvalue weighted by Gasteiger charge is -2.14. The summed E-state index contributed by atoms with van der Waals surface area (Å²) in [7, 11) is 2.60. The van der Waals surface area contributed by atoms with Crippen molar-refractivity contribution in [2.24, 2.45) is 0 Å². The Morgan fingerprint density at radius 2 is 2.05 bits per heavy atom. The minimum Gasteiger partial charge on any atom is -0.466 e. The van der Waals surface area contributed by atoms with Gasteiger partial charge in [0.15, 0.2) is 0 Å². The summed E-state index contributed by atoms with van der Waals surface area (Å²) in [5, 5.41) is 0.239. The van der Waals surface area contributed by atoms with E-state index in [2.05, 4.69) is 9.72 Å². The molecule has 0 bridgehead atoms. The van der Waals surface area contributed by atoms with E-state index in [1.54, 1.807) is 19.1 Å². The summed E-state index contributed by atoms with van der Waals surface area (Å²) in [6.45, 7) is 1.72. The minimum atomic E-state index is -1.09. The third-order valence-electron chi connectivity index (χ3n) is 2.46. The molecule has 1 aromatic heterocycles. The Labute approximate surface area is 122 Å². The summed E-state index contributed by atoms with van der Waals surface area (Å²) < 4.78 is 14.3. The molecular formula is C13H16ClNO5. The lowest BCUT2D eigenvalue weighted by atomic mass is 10.2. The van der Waals surface area contributed by atoms with E-state index in [0.29, 0.717) is 5.56 Å². The van der Waals surface area contributed by atoms with E-state index in [1.807, 2.05) is 0 Å². The third kappa shape index (κ3) is 4.79. The molecule has 1 atom stereocenters. The molecule has 0 aliphatic carbocycles. The molecule has 110 valence electrons. The second-order valence-corrected chi connectivity index (χ2v) is 4.39. The highest BCUT2D eigenvalue weighted by molar-refractivity contribution is 6.30. The molecule has 1 rings (SSSR count). The topological polar surface area (TPSA) is 74.7 Å². The van der Waals surface area contributed by atoms with Crippen molar-refractivity contribution in [2.75, 3.05) is 20.8 Å². The predicted molar refractivity (Wildman–Crippen MR) is 71.5 cm³/mol. The minimum absolute atomic E-state index is 0.0711. The van der Waals surface area contributed by atoms with Crippen LogP contribution in [0.5, 0.6) is 0 Å². The molecule has 0 N–H and O–H groups in total. The fourth-order valence-corrected chi connectivity index (χ4v) is 1.74. The first kappa shape index (κ1) is 16.4. The molecule has 0 aliphatic rings. The Hall–Kier alpha value is -1.66. The first-order valence-electron chi connectivity index (χ1n) is 5.86. The SMILES string of the molecule is COC[C@H](OC(=O)Cc1ccc(C)nc1Cl)C(=O)OC. The summed E-state index contributed by atoms with van der Waals surface area (Å²) in [6.07, 6.45) is -1.17. The number of methoxy groups -OCH3 is 2. The van der Waals surface area contributed by atoms with Gasteiger partial charge in [-0.25, -0.2) is 9.78 Å². The summed E-state index contributed by atoms with van der Waals surface area (Å²) >= 11 is 5.93. The molecule has 1 aromatic rings. The van der Waals surface area contributed by atoms with Crippen LogP contribution in [0.1, 0.15) is 11.3 Å². The molecule has 0 spiro atoms. The molecule has 6 nitrogen and oxygen atoms in total. The zero-order chi connectivity index (χ0) is 15.1. The number of rotatable bonds is 6. The molecule has 0 fully saturated rings. The molecule has 0 aromatic carbocycles. The largest absolute Gasteiger partial charge is 0.466 e. The van der Waals surface area contributed by atoms with Gasteiger partial charge in [-0.05, 0) is 13.0 Å². The normalized spacial score (nSPS) is 11.8. The second-order valence-electron chi connectivity index (χ2n) is 4.04. The molecule has 0 amide bonds. The Bertz CT molecular complexity index is 492. The van der Waals surface area contributed by atoms with Crippen molar-refractivity contribution in [3.05, 3.63) is 28.5 Å². The van der Waals surface area contributed by atoms with Crippen molar-refractivity contribution in [3.63, 3.8) is 0 Å². The van der Waals surface area contributed by atoms with Crippen molar-refractivity contribution in [3.8, 4) is 0 Å². The van der Waals surface area contributed by atoms with E-state index in [-0.39, 0.29) is 18.2 Å². The van der Waals surface area contributed by atoms with Crippen LogP contribution in [0, 0.1) is 6.92 Å². The van der Waals surface area contributed by atoms with Gasteiger partial charge in [0.2, 0.25) is 6.10 Å². The number of aromatic nitrogens is 1. The number of hydrogen-bond donors (Lipinski definition) is 0. The highest BCUT2D eigenvalue weighted by atomic mass is 35.5. The first-order chi connectivity index (χ1) is 9.47. The van der Waals surface area contributed by atoms with Crippen LogP contribution in [0.25, 0.3) is 0 Å². The average Bonchev–Trinajstić information content (AvgIpc) is 2.40. The predicted octanol–water partition coefficient (Wildman–Crippen LogP) is 1.32. The molecule has 0 saturated carbocycles. The van der Waals surface area contributed by atoms with Crippen LogP contribution in [0.3, 0.4) is 0 Å². The molecule has 1 heterocycles. The number of halogens is 1. The van der Waals surface area contributed by atoms with Crippen LogP contribution in [0.15, 0.2) is 12.1 Å². The van der Waals surface area contributed by atoms with E-state index in [4.69, 9.17) is 21.1 Å². The second kappa shape index (κ2) is 7.81. The van der Waals surface area contributed by atoms with Crippen LogP contribution in [0.4, 0.5) is 0 Å². The van der Waals surface area contributed by atoms with Crippen molar-refractivity contribution < 1.29 is 23.8 Å². The van der Waals surface area contributed by atoms with Gasteiger partial charge in [-0.3, -0.25) is 4.79 Å². The summed E-state index contributed by atoms with van der Waals surface area (Å²) in [6, 6.07) is 3.43. The highest BCUT2D eigenvalue weighted by Gasteiger charge is 2.24. The zero-order valence-corrected chi connectivity index (χ0v) is 12.3. The van der Waals surface area contributed by atoms with E-state index < -0.39 is 18.0 Å². The van der Waals surface area contributed by atoms with Gasteiger partial charge in [0.25, 0.3) is 0 Å². The number of esters is 2. The molecule has 0 saturated heterocycles. The lowest BCUT2D eigenvalue weighted by molar-refractivity contribution is -0.169. The lowest BCUT2D eigenvalue weighted by Crippen LogP contribution is -2.33. The third-order valence-corrected chi connectivity index (χ3v) is 2.78. The maximum Gasteiger partial charge on any atom is 0.349 e. The maximum atomic E-state index is 11.8. The monoisotopic (exact) mass is 301 g/mol. The van der Waals surface area contributed by atoms with Gasteiger partial charge >= 0.3 is 11.9 Å². The standard InChI is InChI=1S/C13H16ClNO5/c1-8-4-5-9(12(14)15-8)6-11(16)20-10(7-18-2)13(17)19-3/h4-5,10H,6-7H2,1-3H3/t10-/m0/s1. The van der Waals surface area contributed by atoms with Crippen molar-refractivity contribution in [1.29, 1.82) is 0 Å². The van der Waals surface area contributed by atoms with Crippen LogP contribution in [-0.4, -0.2) is 43.9 Å². The fourth-order valence-electron chi connectivity index (χ4n) is 1.47. The van der Waals surface area contributed by atoms with Gasteiger partial charge in [0.05, 0.1) is 20.1 Å². The molecule has 20 heavy (non-hydrogen) atoms. The average molecular weight is 302 g/mol. The van der Waals surface area contributed by atoms with Crippen molar-refractivity contribution >= 4 is 23.5 Å². The van der Waals surface area contributed by atoms with Crippen LogP contribution >= 0.6 is 11.6 Å². The highest BCUT2D eigenvalue weighted by Crippen LogP contribution is 2.15. The number of carbonyl (C=O) groups excluding carboxylic acids is 2. The van der Waals surface area contributed by atoms with Crippen LogP contribution < -0.4 is 0 Å². The van der Waals surface area contributed by atoms with Gasteiger partial charge in [0.1, 0.15) is 5.15 Å². The molecule has 7 heteroatoms. The Kier molecular flexibility index (Phi) is 6.41. The van der Waals surface area contributed by atoms with E-state index in [9.17, 15) is 9.59 Å². The summed E-state index contributed by atoms with van der Waals surface area (Å²) in [4.78, 5) is 27.2.